The highest BCUT2D eigenvalue weighted by Crippen LogP contribution is 2.45. The molecular formula is C31H36ClF4N7O. The Balaban J connectivity index is 1.37. The molecule has 44 heavy (non-hydrogen) atoms. The third kappa shape index (κ3) is 5.22. The summed E-state index contributed by atoms with van der Waals surface area (Å²) in [6.07, 6.45) is 3.74. The number of fused-ring (bicyclic) bond motifs is 4. The van der Waals surface area contributed by atoms with Crippen LogP contribution in [0.25, 0.3) is 22.2 Å². The van der Waals surface area contributed by atoms with Crippen LogP contribution in [0.5, 0.6) is 6.01 Å². The highest BCUT2D eigenvalue weighted by Gasteiger charge is 2.42. The number of nitrogens with one attached hydrogen (secondary N) is 1. The van der Waals surface area contributed by atoms with Gasteiger partial charge in [0.05, 0.1) is 27.4 Å². The Bertz CT molecular complexity index is 1580. The number of hydrogen-bond acceptors (Lipinski definition) is 8. The van der Waals surface area contributed by atoms with Crippen LogP contribution in [0.1, 0.15) is 62.5 Å². The van der Waals surface area contributed by atoms with Gasteiger partial charge in [0.15, 0.2) is 5.82 Å². The lowest BCUT2D eigenvalue weighted by Crippen LogP contribution is -2.57. The average molecular weight is 634 g/mol. The van der Waals surface area contributed by atoms with Crippen LogP contribution in [-0.4, -0.2) is 70.3 Å². The molecule has 4 saturated heterocycles. The smallest absolute Gasteiger partial charge is 0.418 e. The summed E-state index contributed by atoms with van der Waals surface area (Å²) < 4.78 is 65.8. The fourth-order valence-electron chi connectivity index (χ4n) is 7.86. The number of aryl methyl sites for hydroxylation is 1. The van der Waals surface area contributed by atoms with E-state index < -0.39 is 28.8 Å². The van der Waals surface area contributed by atoms with E-state index >= 15 is 4.39 Å². The molecular weight excluding hydrogens is 598 g/mol. The number of halogens is 5. The summed E-state index contributed by atoms with van der Waals surface area (Å²) >= 11 is 6.62. The lowest BCUT2D eigenvalue weighted by molar-refractivity contribution is -0.137. The van der Waals surface area contributed by atoms with E-state index in [1.807, 2.05) is 0 Å². The molecule has 2 atom stereocenters. The molecule has 7 rings (SSSR count). The van der Waals surface area contributed by atoms with Crippen LogP contribution in [0.2, 0.25) is 5.02 Å². The monoisotopic (exact) mass is 633 g/mol. The predicted molar refractivity (Wildman–Crippen MR) is 162 cm³/mol. The zero-order valence-electron chi connectivity index (χ0n) is 24.6. The largest absolute Gasteiger partial charge is 0.461 e. The molecule has 8 nitrogen and oxygen atoms in total. The fourth-order valence-corrected chi connectivity index (χ4v) is 8.15. The van der Waals surface area contributed by atoms with Crippen LogP contribution < -0.4 is 20.7 Å². The molecule has 3 aromatic rings. The van der Waals surface area contributed by atoms with E-state index in [4.69, 9.17) is 27.1 Å². The molecule has 4 aliphatic rings. The number of piperazine rings is 1. The Kier molecular flexibility index (Phi) is 7.52. The van der Waals surface area contributed by atoms with E-state index in [-0.39, 0.29) is 45.6 Å². The Morgan fingerprint density at radius 2 is 1.73 bits per heavy atom. The molecule has 4 aliphatic heterocycles. The third-order valence-electron chi connectivity index (χ3n) is 9.90. The molecule has 2 aromatic heterocycles. The van der Waals surface area contributed by atoms with Crippen molar-refractivity contribution in [2.24, 2.45) is 0 Å². The zero-order chi connectivity index (χ0) is 30.8. The first kappa shape index (κ1) is 29.7. The van der Waals surface area contributed by atoms with Gasteiger partial charge in [0, 0.05) is 30.6 Å². The van der Waals surface area contributed by atoms with Crippen molar-refractivity contribution in [2.45, 2.75) is 82.1 Å². The number of nitrogens with two attached hydrogens (primary N) is 1. The van der Waals surface area contributed by atoms with Gasteiger partial charge >= 0.3 is 12.2 Å². The molecule has 13 heteroatoms. The first-order valence-electron chi connectivity index (χ1n) is 15.5. The van der Waals surface area contributed by atoms with Gasteiger partial charge in [0.1, 0.15) is 23.8 Å². The lowest BCUT2D eigenvalue weighted by Gasteiger charge is -2.49. The van der Waals surface area contributed by atoms with Gasteiger partial charge in [-0.3, -0.25) is 4.90 Å². The molecule has 4 fully saturated rings. The second kappa shape index (κ2) is 11.1. The maximum Gasteiger partial charge on any atom is 0.418 e. The van der Waals surface area contributed by atoms with Gasteiger partial charge in [-0.1, -0.05) is 24.4 Å². The highest BCUT2D eigenvalue weighted by atomic mass is 35.5. The van der Waals surface area contributed by atoms with Crippen molar-refractivity contribution in [3.8, 4) is 17.3 Å². The predicted octanol–water partition coefficient (Wildman–Crippen LogP) is 6.12. The highest BCUT2D eigenvalue weighted by molar-refractivity contribution is 6.34. The summed E-state index contributed by atoms with van der Waals surface area (Å²) in [6, 6.07) is 3.08. The second-order valence-electron chi connectivity index (χ2n) is 12.8. The number of rotatable bonds is 5. The molecule has 2 bridgehead atoms. The molecule has 2 unspecified atom stereocenters. The van der Waals surface area contributed by atoms with Gasteiger partial charge in [-0.05, 0) is 76.2 Å². The minimum absolute atomic E-state index is 0.00350. The maximum absolute atomic E-state index is 16.7. The zero-order valence-corrected chi connectivity index (χ0v) is 25.4. The maximum atomic E-state index is 16.7. The summed E-state index contributed by atoms with van der Waals surface area (Å²) in [7, 11) is 0. The molecule has 0 radical (unpaired) electrons. The summed E-state index contributed by atoms with van der Waals surface area (Å²) in [5.41, 5.74) is 3.14. The van der Waals surface area contributed by atoms with Gasteiger partial charge in [-0.25, -0.2) is 9.37 Å². The number of anilines is 2. The molecule has 6 heterocycles. The van der Waals surface area contributed by atoms with Gasteiger partial charge in [0.25, 0.3) is 0 Å². The summed E-state index contributed by atoms with van der Waals surface area (Å²) in [4.78, 5) is 17.8. The molecule has 0 aliphatic carbocycles. The quantitative estimate of drug-likeness (QED) is 0.325. The molecule has 3 N–H and O–H groups in total. The molecule has 236 valence electrons. The normalized spacial score (nSPS) is 23.6. The number of alkyl halides is 3. The first-order chi connectivity index (χ1) is 21.0. The van der Waals surface area contributed by atoms with E-state index in [2.05, 4.69) is 25.1 Å². The number of piperidine rings is 2. The van der Waals surface area contributed by atoms with E-state index in [1.54, 1.807) is 0 Å². The van der Waals surface area contributed by atoms with Crippen molar-refractivity contribution in [2.75, 3.05) is 43.4 Å². The van der Waals surface area contributed by atoms with Crippen molar-refractivity contribution in [1.29, 1.82) is 0 Å². The molecule has 0 amide bonds. The van der Waals surface area contributed by atoms with Gasteiger partial charge < -0.3 is 20.7 Å². The van der Waals surface area contributed by atoms with Crippen molar-refractivity contribution >= 4 is 34.1 Å². The number of benzene rings is 1. The number of hydrogen-bond donors (Lipinski definition) is 2. The lowest BCUT2D eigenvalue weighted by atomic mass is 9.80. The van der Waals surface area contributed by atoms with Crippen molar-refractivity contribution in [1.82, 2.24) is 25.2 Å². The fraction of sp³-hybridized carbons (Fsp3) is 0.581. The van der Waals surface area contributed by atoms with Gasteiger partial charge in [0.2, 0.25) is 0 Å². The topological polar surface area (TPSA) is 92.4 Å². The van der Waals surface area contributed by atoms with Crippen LogP contribution in [0.4, 0.5) is 29.2 Å². The number of aromatic nitrogens is 3. The van der Waals surface area contributed by atoms with Crippen LogP contribution >= 0.6 is 11.6 Å². The van der Waals surface area contributed by atoms with E-state index in [0.717, 1.165) is 70.5 Å². The Labute approximate surface area is 258 Å². The summed E-state index contributed by atoms with van der Waals surface area (Å²) in [6.45, 7) is 4.95. The average Bonchev–Trinajstić information content (AvgIpc) is 3.32. The van der Waals surface area contributed by atoms with Crippen molar-refractivity contribution in [3.05, 3.63) is 34.1 Å². The number of ether oxygens (including phenoxy) is 1. The number of pyridine rings is 1. The summed E-state index contributed by atoms with van der Waals surface area (Å²) in [5.74, 6) is -0.726. The molecule has 0 spiro atoms. The molecule has 0 saturated carbocycles. The van der Waals surface area contributed by atoms with Gasteiger partial charge in [-0.15, -0.1) is 0 Å². The van der Waals surface area contributed by atoms with Crippen LogP contribution in [-0.2, 0) is 6.18 Å². The SMILES string of the molecule is Cc1cc(N)nc(-c2c(Cl)cc3c(N4CC5CCC(C4)N5)nc(OCC45CCCCN4CCCC5)nc3c2F)c1C(F)(F)F. The Hall–Kier alpha value is -2.96. The first-order valence-corrected chi connectivity index (χ1v) is 15.8. The number of nitrogen functional groups attached to an aromatic ring is 1. The van der Waals surface area contributed by atoms with Crippen LogP contribution in [0.15, 0.2) is 12.1 Å². The van der Waals surface area contributed by atoms with Crippen molar-refractivity contribution in [3.63, 3.8) is 0 Å². The standard InChI is InChI=1S/C31H36ClF4N7O/c1-17-12-22(37)39-27(24(17)31(34,35)36)23-21(32)13-20-26(25(23)33)40-29(41-28(20)42-14-18-6-7-19(15-42)38-18)44-16-30-8-2-4-10-43(30)11-5-3-9-30/h12-13,18-19,38H,2-11,14-16H2,1H3,(H2,37,39). The third-order valence-corrected chi connectivity index (χ3v) is 10.2. The van der Waals surface area contributed by atoms with Crippen molar-refractivity contribution < 1.29 is 22.3 Å². The van der Waals surface area contributed by atoms with E-state index in [9.17, 15) is 13.2 Å². The minimum atomic E-state index is -4.82. The Morgan fingerprint density at radius 1 is 1.05 bits per heavy atom. The van der Waals surface area contributed by atoms with E-state index in [1.165, 1.54) is 13.0 Å². The van der Waals surface area contributed by atoms with Crippen LogP contribution in [0, 0.1) is 12.7 Å². The Morgan fingerprint density at radius 3 is 2.39 bits per heavy atom. The van der Waals surface area contributed by atoms with Gasteiger partial charge in [-0.2, -0.15) is 23.1 Å². The second-order valence-corrected chi connectivity index (χ2v) is 13.2. The summed E-state index contributed by atoms with van der Waals surface area (Å²) in [5, 5.41) is 3.67. The molecule has 1 aromatic carbocycles. The van der Waals surface area contributed by atoms with Crippen LogP contribution in [0.3, 0.4) is 0 Å². The number of nitrogens with zero attached hydrogens (tertiary/aromatic N) is 5. The minimum Gasteiger partial charge on any atom is -0.461 e. The van der Waals surface area contributed by atoms with E-state index in [0.29, 0.717) is 30.9 Å².